The quantitative estimate of drug-likeness (QED) is 0.569. The third-order valence-corrected chi connectivity index (χ3v) is 1.55. The van der Waals surface area contributed by atoms with Gasteiger partial charge in [0.05, 0.1) is 5.92 Å². The molecule has 0 heterocycles. The fraction of sp³-hybridized carbons (Fsp3) is 0.875. The molecule has 0 saturated heterocycles. The molecule has 1 rings (SSSR count). The van der Waals surface area contributed by atoms with E-state index in [0.717, 1.165) is 6.42 Å². The highest BCUT2D eigenvalue weighted by Crippen LogP contribution is 2.30. The topological polar surface area (TPSA) is 52.3 Å². The van der Waals surface area contributed by atoms with Crippen molar-refractivity contribution >= 4 is 5.97 Å². The average Bonchev–Trinajstić information content (AvgIpc) is 2.41. The molecule has 64 valence electrons. The molecule has 3 nitrogen and oxygen atoms in total. The minimum atomic E-state index is -0.376. The van der Waals surface area contributed by atoms with Gasteiger partial charge in [0, 0.05) is 6.04 Å². The summed E-state index contributed by atoms with van der Waals surface area (Å²) in [4.78, 5) is 11.1. The zero-order chi connectivity index (χ0) is 8.65. The first-order valence-electron chi connectivity index (χ1n) is 3.88. The molecule has 0 unspecified atom stereocenters. The molecular weight excluding hydrogens is 142 g/mol. The first kappa shape index (κ1) is 8.53. The van der Waals surface area contributed by atoms with Crippen LogP contribution in [0.1, 0.15) is 27.2 Å². The Morgan fingerprint density at radius 2 is 2.00 bits per heavy atom. The molecule has 2 atom stereocenters. The number of ether oxygens (including phenoxy) is 1. The summed E-state index contributed by atoms with van der Waals surface area (Å²) in [6.07, 6.45) is 0.787. The Morgan fingerprint density at radius 3 is 2.27 bits per heavy atom. The van der Waals surface area contributed by atoms with Crippen molar-refractivity contribution in [1.82, 2.24) is 0 Å². The van der Waals surface area contributed by atoms with Crippen molar-refractivity contribution in [2.75, 3.05) is 0 Å². The predicted octanol–water partition coefficient (Wildman–Crippen LogP) is 0.675. The number of carbonyl (C=O) groups excluding carboxylic acids is 1. The minimum absolute atomic E-state index is 0.0331. The molecular formula is C8H15NO2. The second-order valence-electron chi connectivity index (χ2n) is 4.04. The van der Waals surface area contributed by atoms with E-state index in [1.807, 2.05) is 20.8 Å². The summed E-state index contributed by atoms with van der Waals surface area (Å²) in [5.41, 5.74) is 5.11. The van der Waals surface area contributed by atoms with Crippen LogP contribution in [0.25, 0.3) is 0 Å². The van der Waals surface area contributed by atoms with E-state index in [1.165, 1.54) is 0 Å². The minimum Gasteiger partial charge on any atom is -0.460 e. The molecule has 1 fully saturated rings. The van der Waals surface area contributed by atoms with Gasteiger partial charge in [-0.15, -0.1) is 0 Å². The summed E-state index contributed by atoms with van der Waals surface area (Å²) in [7, 11) is 0. The fourth-order valence-corrected chi connectivity index (χ4v) is 0.863. The van der Waals surface area contributed by atoms with Crippen molar-refractivity contribution in [2.45, 2.75) is 38.8 Å². The molecule has 0 aliphatic heterocycles. The normalized spacial score (nSPS) is 29.8. The summed E-state index contributed by atoms with van der Waals surface area (Å²) in [6.45, 7) is 5.58. The van der Waals surface area contributed by atoms with Crippen LogP contribution in [-0.2, 0) is 9.53 Å². The molecule has 0 radical (unpaired) electrons. The summed E-state index contributed by atoms with van der Waals surface area (Å²) in [5.74, 6) is -0.181. The lowest BCUT2D eigenvalue weighted by molar-refractivity contribution is -0.156. The molecule has 0 aromatic heterocycles. The van der Waals surface area contributed by atoms with E-state index in [9.17, 15) is 4.79 Å². The Morgan fingerprint density at radius 1 is 1.55 bits per heavy atom. The number of hydrogen-bond acceptors (Lipinski definition) is 3. The van der Waals surface area contributed by atoms with Gasteiger partial charge in [-0.05, 0) is 27.2 Å². The zero-order valence-electron chi connectivity index (χ0n) is 7.26. The molecule has 0 aromatic rings. The van der Waals surface area contributed by atoms with Crippen LogP contribution < -0.4 is 5.73 Å². The summed E-state index contributed by atoms with van der Waals surface area (Å²) in [5, 5.41) is 0. The Labute approximate surface area is 66.9 Å². The second-order valence-corrected chi connectivity index (χ2v) is 4.04. The maximum Gasteiger partial charge on any atom is 0.311 e. The summed E-state index contributed by atoms with van der Waals surface area (Å²) in [6, 6.07) is 0.0462. The van der Waals surface area contributed by atoms with Crippen LogP contribution in [0.2, 0.25) is 0 Å². The Bertz CT molecular complexity index is 171. The lowest BCUT2D eigenvalue weighted by Gasteiger charge is -2.19. The van der Waals surface area contributed by atoms with Gasteiger partial charge >= 0.3 is 5.97 Å². The van der Waals surface area contributed by atoms with E-state index in [1.54, 1.807) is 0 Å². The van der Waals surface area contributed by atoms with Crippen LogP contribution in [-0.4, -0.2) is 17.6 Å². The van der Waals surface area contributed by atoms with Gasteiger partial charge in [-0.3, -0.25) is 4.79 Å². The van der Waals surface area contributed by atoms with Gasteiger partial charge in [0.25, 0.3) is 0 Å². The summed E-state index contributed by atoms with van der Waals surface area (Å²) < 4.78 is 5.11. The van der Waals surface area contributed by atoms with E-state index < -0.39 is 0 Å². The molecule has 0 spiro atoms. The van der Waals surface area contributed by atoms with Crippen LogP contribution in [0.15, 0.2) is 0 Å². The van der Waals surface area contributed by atoms with Crippen LogP contribution in [0.4, 0.5) is 0 Å². The maximum atomic E-state index is 11.1. The summed E-state index contributed by atoms with van der Waals surface area (Å²) >= 11 is 0. The van der Waals surface area contributed by atoms with Crippen LogP contribution in [0.5, 0.6) is 0 Å². The zero-order valence-corrected chi connectivity index (χ0v) is 7.26. The van der Waals surface area contributed by atoms with Crippen molar-refractivity contribution in [3.05, 3.63) is 0 Å². The van der Waals surface area contributed by atoms with Crippen LogP contribution in [0.3, 0.4) is 0 Å². The third-order valence-electron chi connectivity index (χ3n) is 1.55. The number of rotatable bonds is 1. The largest absolute Gasteiger partial charge is 0.460 e. The number of nitrogens with two attached hydrogens (primary N) is 1. The maximum absolute atomic E-state index is 11.1. The Kier molecular flexibility index (Phi) is 1.92. The average molecular weight is 157 g/mol. The van der Waals surface area contributed by atoms with E-state index in [2.05, 4.69) is 0 Å². The first-order chi connectivity index (χ1) is 4.90. The second kappa shape index (κ2) is 2.48. The highest BCUT2D eigenvalue weighted by Gasteiger charge is 2.42. The third kappa shape index (κ3) is 2.50. The van der Waals surface area contributed by atoms with Crippen molar-refractivity contribution < 1.29 is 9.53 Å². The Balaban J connectivity index is 2.33. The molecule has 0 amide bonds. The molecule has 0 bridgehead atoms. The van der Waals surface area contributed by atoms with Gasteiger partial charge < -0.3 is 10.5 Å². The first-order valence-corrected chi connectivity index (χ1v) is 3.88. The van der Waals surface area contributed by atoms with E-state index in [4.69, 9.17) is 10.5 Å². The monoisotopic (exact) mass is 157 g/mol. The van der Waals surface area contributed by atoms with Crippen molar-refractivity contribution in [1.29, 1.82) is 0 Å². The van der Waals surface area contributed by atoms with E-state index in [0.29, 0.717) is 0 Å². The highest BCUT2D eigenvalue weighted by molar-refractivity contribution is 5.76. The molecule has 3 heteroatoms. The molecule has 11 heavy (non-hydrogen) atoms. The van der Waals surface area contributed by atoms with Gasteiger partial charge in [0.15, 0.2) is 0 Å². The van der Waals surface area contributed by atoms with Crippen molar-refractivity contribution in [2.24, 2.45) is 11.7 Å². The number of hydrogen-bond donors (Lipinski definition) is 1. The van der Waals surface area contributed by atoms with E-state index >= 15 is 0 Å². The van der Waals surface area contributed by atoms with Gasteiger partial charge in [-0.25, -0.2) is 0 Å². The highest BCUT2D eigenvalue weighted by atomic mass is 16.6. The van der Waals surface area contributed by atoms with Gasteiger partial charge in [-0.2, -0.15) is 0 Å². The lowest BCUT2D eigenvalue weighted by Crippen LogP contribution is -2.26. The lowest BCUT2D eigenvalue weighted by atomic mass is 10.2. The molecule has 1 aliphatic carbocycles. The van der Waals surface area contributed by atoms with Crippen molar-refractivity contribution in [3.63, 3.8) is 0 Å². The van der Waals surface area contributed by atoms with Gasteiger partial charge in [0.1, 0.15) is 5.60 Å². The smallest absolute Gasteiger partial charge is 0.311 e. The fourth-order valence-electron chi connectivity index (χ4n) is 0.863. The molecule has 0 aromatic carbocycles. The van der Waals surface area contributed by atoms with Gasteiger partial charge in [-0.1, -0.05) is 0 Å². The molecule has 1 aliphatic rings. The van der Waals surface area contributed by atoms with Crippen molar-refractivity contribution in [3.8, 4) is 0 Å². The van der Waals surface area contributed by atoms with Crippen LogP contribution in [0, 0.1) is 5.92 Å². The molecule has 2 N–H and O–H groups in total. The van der Waals surface area contributed by atoms with Crippen LogP contribution >= 0.6 is 0 Å². The Hall–Kier alpha value is -0.570. The van der Waals surface area contributed by atoms with E-state index in [-0.39, 0.29) is 23.5 Å². The van der Waals surface area contributed by atoms with Gasteiger partial charge in [0.2, 0.25) is 0 Å². The molecule has 1 saturated carbocycles. The predicted molar refractivity (Wildman–Crippen MR) is 41.9 cm³/mol. The SMILES string of the molecule is CC(C)(C)OC(=O)[C@H]1C[C@H]1N. The number of carbonyl (C=O) groups is 1. The number of esters is 1. The standard InChI is InChI=1S/C8H15NO2/c1-8(2,3)11-7(10)5-4-6(5)9/h5-6H,4,9H2,1-3H3/t5-,6+/m0/s1.